The van der Waals surface area contributed by atoms with E-state index in [-0.39, 0.29) is 6.10 Å². The van der Waals surface area contributed by atoms with Crippen LogP contribution in [-0.2, 0) is 0 Å². The van der Waals surface area contributed by atoms with E-state index in [9.17, 15) is 0 Å². The minimum atomic E-state index is 0.0343. The van der Waals surface area contributed by atoms with E-state index in [0.29, 0.717) is 5.92 Å². The quantitative estimate of drug-likeness (QED) is 0.336. The summed E-state index contributed by atoms with van der Waals surface area (Å²) in [7, 11) is 0. The van der Waals surface area contributed by atoms with Gasteiger partial charge in [-0.1, -0.05) is 67.9 Å². The highest BCUT2D eigenvalue weighted by Gasteiger charge is 2.22. The molecule has 0 aliphatic carbocycles. The molecule has 0 spiro atoms. The molecular weight excluding hydrogens is 440 g/mol. The first kappa shape index (κ1) is 24.6. The summed E-state index contributed by atoms with van der Waals surface area (Å²) in [5.41, 5.74) is 6.39. The van der Waals surface area contributed by atoms with E-state index in [1.807, 2.05) is 12.1 Å². The molecule has 180 valence electrons. The van der Waals surface area contributed by atoms with Gasteiger partial charge in [0, 0.05) is 39.1 Å². The van der Waals surface area contributed by atoms with Crippen molar-refractivity contribution in [3.8, 4) is 5.75 Å². The highest BCUT2D eigenvalue weighted by molar-refractivity contribution is 6.33. The topological polar surface area (TPSA) is 15.7 Å². The van der Waals surface area contributed by atoms with Gasteiger partial charge in [0.25, 0.3) is 0 Å². The number of hydrogen-bond acceptors (Lipinski definition) is 3. The summed E-state index contributed by atoms with van der Waals surface area (Å²) in [4.78, 5) is 4.95. The first-order chi connectivity index (χ1) is 16.4. The molecule has 3 nitrogen and oxygen atoms in total. The summed E-state index contributed by atoms with van der Waals surface area (Å²) in [6.07, 6.45) is 0.995. The van der Waals surface area contributed by atoms with Gasteiger partial charge in [0.05, 0.1) is 10.7 Å². The zero-order chi connectivity index (χ0) is 24.1. The molecule has 0 aromatic heterocycles. The van der Waals surface area contributed by atoms with Gasteiger partial charge in [0.2, 0.25) is 0 Å². The number of para-hydroxylation sites is 1. The van der Waals surface area contributed by atoms with Crippen LogP contribution in [0.25, 0.3) is 0 Å². The van der Waals surface area contributed by atoms with E-state index in [1.165, 1.54) is 22.3 Å². The Morgan fingerprint density at radius 3 is 2.21 bits per heavy atom. The van der Waals surface area contributed by atoms with E-state index in [4.69, 9.17) is 16.3 Å². The first-order valence-electron chi connectivity index (χ1n) is 12.5. The van der Waals surface area contributed by atoms with Crippen molar-refractivity contribution >= 4 is 17.3 Å². The molecule has 1 saturated heterocycles. The second-order valence-corrected chi connectivity index (χ2v) is 10.1. The number of piperazine rings is 1. The summed E-state index contributed by atoms with van der Waals surface area (Å²) in [6.45, 7) is 13.9. The molecule has 0 bridgehead atoms. The number of nitrogens with zero attached hydrogens (tertiary/aromatic N) is 2. The second-order valence-electron chi connectivity index (χ2n) is 9.70. The third-order valence-corrected chi connectivity index (χ3v) is 7.27. The van der Waals surface area contributed by atoms with Crippen LogP contribution >= 0.6 is 11.6 Å². The highest BCUT2D eigenvalue weighted by Crippen LogP contribution is 2.31. The zero-order valence-electron chi connectivity index (χ0n) is 20.9. The van der Waals surface area contributed by atoms with Crippen molar-refractivity contribution in [2.45, 2.75) is 46.1 Å². The van der Waals surface area contributed by atoms with E-state index in [0.717, 1.165) is 55.6 Å². The van der Waals surface area contributed by atoms with Gasteiger partial charge in [-0.05, 0) is 66.3 Å². The molecule has 4 heteroatoms. The molecule has 3 aromatic carbocycles. The molecule has 1 aliphatic rings. The molecule has 0 N–H and O–H groups in total. The number of anilines is 1. The molecule has 1 fully saturated rings. The maximum Gasteiger partial charge on any atom is 0.125 e. The molecule has 4 rings (SSSR count). The summed E-state index contributed by atoms with van der Waals surface area (Å²) in [5.74, 6) is 1.48. The van der Waals surface area contributed by atoms with Gasteiger partial charge < -0.3 is 9.64 Å². The lowest BCUT2D eigenvalue weighted by Gasteiger charge is -2.37. The Morgan fingerprint density at radius 1 is 0.824 bits per heavy atom. The number of benzene rings is 3. The minimum Gasteiger partial charge on any atom is -0.486 e. The van der Waals surface area contributed by atoms with Gasteiger partial charge in [-0.2, -0.15) is 0 Å². The molecule has 1 aliphatic heterocycles. The lowest BCUT2D eigenvalue weighted by atomic mass is 9.97. The van der Waals surface area contributed by atoms with Crippen LogP contribution in [0.15, 0.2) is 66.7 Å². The van der Waals surface area contributed by atoms with Crippen LogP contribution in [0.3, 0.4) is 0 Å². The fraction of sp³-hybridized carbons (Fsp3) is 0.400. The van der Waals surface area contributed by atoms with Gasteiger partial charge in [-0.25, -0.2) is 0 Å². The smallest absolute Gasteiger partial charge is 0.125 e. The average molecular weight is 477 g/mol. The van der Waals surface area contributed by atoms with Crippen molar-refractivity contribution < 1.29 is 4.74 Å². The van der Waals surface area contributed by atoms with E-state index in [1.54, 1.807) is 0 Å². The Morgan fingerprint density at radius 2 is 1.53 bits per heavy atom. The van der Waals surface area contributed by atoms with Crippen LogP contribution in [0.4, 0.5) is 5.69 Å². The summed E-state index contributed by atoms with van der Waals surface area (Å²) in [6, 6.07) is 23.3. The molecular formula is C30H37ClN2O. The van der Waals surface area contributed by atoms with Crippen LogP contribution < -0.4 is 9.64 Å². The standard InChI is InChI=1S/C30H37ClN2O/c1-22(2)26-14-13-25(21-24(26)4)34-30(27-10-6-5-9-23(27)3)15-16-32-17-19-33(20-18-32)29-12-8-7-11-28(29)31/h5-14,21-22,30H,15-20H2,1-4H3/t30-/m1/s1. The van der Waals surface area contributed by atoms with Crippen molar-refractivity contribution in [1.82, 2.24) is 4.90 Å². The molecule has 0 saturated carbocycles. The molecule has 0 amide bonds. The molecule has 3 aromatic rings. The van der Waals surface area contributed by atoms with Gasteiger partial charge in [-0.15, -0.1) is 0 Å². The van der Waals surface area contributed by atoms with Gasteiger partial charge >= 0.3 is 0 Å². The third-order valence-electron chi connectivity index (χ3n) is 6.95. The predicted molar refractivity (Wildman–Crippen MR) is 145 cm³/mol. The monoisotopic (exact) mass is 476 g/mol. The number of hydrogen-bond donors (Lipinski definition) is 0. The van der Waals surface area contributed by atoms with Crippen molar-refractivity contribution in [3.63, 3.8) is 0 Å². The largest absolute Gasteiger partial charge is 0.486 e. The number of aryl methyl sites for hydroxylation is 2. The lowest BCUT2D eigenvalue weighted by molar-refractivity contribution is 0.159. The highest BCUT2D eigenvalue weighted by atomic mass is 35.5. The second kappa shape index (κ2) is 11.3. The van der Waals surface area contributed by atoms with Crippen LogP contribution in [0, 0.1) is 13.8 Å². The van der Waals surface area contributed by atoms with E-state index < -0.39 is 0 Å². The maximum atomic E-state index is 6.64. The minimum absolute atomic E-state index is 0.0343. The van der Waals surface area contributed by atoms with E-state index >= 15 is 0 Å². The van der Waals surface area contributed by atoms with Crippen LogP contribution in [0.5, 0.6) is 5.75 Å². The third kappa shape index (κ3) is 5.95. The normalized spacial score (nSPS) is 15.5. The molecule has 0 radical (unpaired) electrons. The van der Waals surface area contributed by atoms with Crippen molar-refractivity contribution in [1.29, 1.82) is 0 Å². The molecule has 34 heavy (non-hydrogen) atoms. The Hall–Kier alpha value is -2.49. The van der Waals surface area contributed by atoms with Crippen LogP contribution in [0.2, 0.25) is 5.02 Å². The first-order valence-corrected chi connectivity index (χ1v) is 12.8. The van der Waals surface area contributed by atoms with E-state index in [2.05, 4.69) is 92.1 Å². The molecule has 1 heterocycles. The fourth-order valence-electron chi connectivity index (χ4n) is 4.98. The van der Waals surface area contributed by atoms with Gasteiger partial charge in [0.1, 0.15) is 11.9 Å². The van der Waals surface area contributed by atoms with Crippen LogP contribution in [-0.4, -0.2) is 37.6 Å². The zero-order valence-corrected chi connectivity index (χ0v) is 21.7. The van der Waals surface area contributed by atoms with Crippen molar-refractivity contribution in [2.75, 3.05) is 37.6 Å². The van der Waals surface area contributed by atoms with Crippen molar-refractivity contribution in [3.05, 3.63) is 94.0 Å². The van der Waals surface area contributed by atoms with Crippen LogP contribution in [0.1, 0.15) is 54.5 Å². The number of ether oxygens (including phenoxy) is 1. The average Bonchev–Trinajstić information content (AvgIpc) is 2.83. The summed E-state index contributed by atoms with van der Waals surface area (Å²) >= 11 is 6.42. The predicted octanol–water partition coefficient (Wildman–Crippen LogP) is 7.41. The number of rotatable bonds is 8. The fourth-order valence-corrected chi connectivity index (χ4v) is 5.24. The van der Waals surface area contributed by atoms with Crippen molar-refractivity contribution in [2.24, 2.45) is 0 Å². The Labute approximate surface area is 210 Å². The van der Waals surface area contributed by atoms with Gasteiger partial charge in [0.15, 0.2) is 0 Å². The Kier molecular flexibility index (Phi) is 8.18. The maximum absolute atomic E-state index is 6.64. The summed E-state index contributed by atoms with van der Waals surface area (Å²) in [5, 5.41) is 0.836. The summed E-state index contributed by atoms with van der Waals surface area (Å²) < 4.78 is 6.64. The number of halogens is 1. The Balaban J connectivity index is 1.42. The Bertz CT molecular complexity index is 1090. The molecule has 1 atom stereocenters. The molecule has 0 unspecified atom stereocenters. The lowest BCUT2D eigenvalue weighted by Crippen LogP contribution is -2.47. The van der Waals surface area contributed by atoms with Gasteiger partial charge in [-0.3, -0.25) is 4.90 Å². The SMILES string of the molecule is Cc1cc(O[C@H](CCN2CCN(c3ccccc3Cl)CC2)c2ccccc2C)ccc1C(C)C.